The summed E-state index contributed by atoms with van der Waals surface area (Å²) in [4.78, 5) is 51.7. The number of amides is 4. The lowest BCUT2D eigenvalue weighted by molar-refractivity contribution is -0.144. The average Bonchev–Trinajstić information content (AvgIpc) is 2.68. The first-order valence-electron chi connectivity index (χ1n) is 10.3. The maximum absolute atomic E-state index is 13.1. The van der Waals surface area contributed by atoms with Crippen LogP contribution in [0.25, 0.3) is 0 Å². The number of allylic oxidation sites excluding steroid dienone is 5. The van der Waals surface area contributed by atoms with Crippen molar-refractivity contribution in [2.75, 3.05) is 13.6 Å². The molecule has 1 aliphatic rings. The van der Waals surface area contributed by atoms with Crippen molar-refractivity contribution < 1.29 is 19.2 Å². The van der Waals surface area contributed by atoms with Crippen molar-refractivity contribution in [2.24, 2.45) is 5.92 Å². The maximum atomic E-state index is 13.1. The van der Waals surface area contributed by atoms with Crippen LogP contribution in [0.5, 0.6) is 0 Å². The van der Waals surface area contributed by atoms with E-state index in [2.05, 4.69) is 16.0 Å². The van der Waals surface area contributed by atoms with E-state index in [1.807, 2.05) is 32.9 Å². The molecule has 0 aromatic rings. The molecule has 1 rings (SSSR count). The van der Waals surface area contributed by atoms with Crippen LogP contribution >= 0.6 is 0 Å². The SMILES string of the molecule is C\C=C/C=C/C=C\C(=O)N[C@H]1CCCNC(=O)[C@H](C)NC(=O)[C@H](C(C)C)N(C)C1=O. The standard InChI is InChI=1S/C22H34N4O4/c1-6-7-8-9-10-13-18(27)25-17-12-11-14-23-20(28)16(4)24-21(29)19(15(2)3)26(5)22(17)30/h6-10,13,15-17,19H,11-12,14H2,1-5H3,(H,23,28)(H,24,29)(H,25,27)/b7-6-,9-8+,13-10-/t16-,17-,19-/m0/s1. The number of nitrogens with one attached hydrogen (secondary N) is 3. The van der Waals surface area contributed by atoms with Gasteiger partial charge in [0, 0.05) is 19.7 Å². The van der Waals surface area contributed by atoms with Gasteiger partial charge >= 0.3 is 0 Å². The van der Waals surface area contributed by atoms with Crippen molar-refractivity contribution in [1.82, 2.24) is 20.9 Å². The van der Waals surface area contributed by atoms with Gasteiger partial charge in [0.05, 0.1) is 0 Å². The molecule has 1 saturated heterocycles. The van der Waals surface area contributed by atoms with E-state index >= 15 is 0 Å². The lowest BCUT2D eigenvalue weighted by Crippen LogP contribution is -2.58. The number of carbonyl (C=O) groups excluding carboxylic acids is 4. The number of carbonyl (C=O) groups is 4. The first-order chi connectivity index (χ1) is 14.2. The van der Waals surface area contributed by atoms with Crippen molar-refractivity contribution in [2.45, 2.75) is 58.7 Å². The second-order valence-electron chi connectivity index (χ2n) is 7.63. The molecular weight excluding hydrogens is 384 g/mol. The number of hydrogen-bond acceptors (Lipinski definition) is 4. The molecule has 3 N–H and O–H groups in total. The van der Waals surface area contributed by atoms with E-state index in [0.29, 0.717) is 19.4 Å². The quantitative estimate of drug-likeness (QED) is 0.458. The molecule has 0 aliphatic carbocycles. The van der Waals surface area contributed by atoms with Gasteiger partial charge in [-0.25, -0.2) is 0 Å². The molecule has 0 saturated carbocycles. The Balaban J connectivity index is 3.03. The Bertz CT molecular complexity index is 712. The molecular formula is C22H34N4O4. The number of likely N-dealkylation sites (N-methyl/N-ethyl adjacent to an activating group) is 1. The van der Waals surface area contributed by atoms with Crippen LogP contribution in [0, 0.1) is 5.92 Å². The van der Waals surface area contributed by atoms with E-state index in [9.17, 15) is 19.2 Å². The topological polar surface area (TPSA) is 108 Å². The van der Waals surface area contributed by atoms with Gasteiger partial charge in [-0.15, -0.1) is 0 Å². The highest BCUT2D eigenvalue weighted by Crippen LogP contribution is 2.14. The van der Waals surface area contributed by atoms with Gasteiger partial charge in [-0.3, -0.25) is 19.2 Å². The van der Waals surface area contributed by atoms with Gasteiger partial charge in [-0.2, -0.15) is 0 Å². The first-order valence-corrected chi connectivity index (χ1v) is 10.3. The molecule has 166 valence electrons. The van der Waals surface area contributed by atoms with Crippen molar-refractivity contribution in [3.63, 3.8) is 0 Å². The summed E-state index contributed by atoms with van der Waals surface area (Å²) in [6.07, 6.45) is 11.0. The Hall–Kier alpha value is -2.90. The summed E-state index contributed by atoms with van der Waals surface area (Å²) in [5.74, 6) is -1.60. The monoisotopic (exact) mass is 418 g/mol. The largest absolute Gasteiger partial charge is 0.354 e. The number of hydrogen-bond donors (Lipinski definition) is 3. The zero-order chi connectivity index (χ0) is 22.7. The second kappa shape index (κ2) is 12.6. The molecule has 0 bridgehead atoms. The van der Waals surface area contributed by atoms with Gasteiger partial charge in [0.25, 0.3) is 0 Å². The summed E-state index contributed by atoms with van der Waals surface area (Å²) in [7, 11) is 1.55. The highest BCUT2D eigenvalue weighted by atomic mass is 16.2. The Kier molecular flexibility index (Phi) is 10.6. The molecule has 0 unspecified atom stereocenters. The van der Waals surface area contributed by atoms with Crippen LogP contribution in [-0.4, -0.2) is 60.2 Å². The molecule has 0 spiro atoms. The Labute approximate surface area is 178 Å². The molecule has 8 heteroatoms. The van der Waals surface area contributed by atoms with Crippen molar-refractivity contribution in [3.8, 4) is 0 Å². The Morgan fingerprint density at radius 1 is 1.13 bits per heavy atom. The molecule has 0 aromatic heterocycles. The zero-order valence-electron chi connectivity index (χ0n) is 18.5. The summed E-state index contributed by atoms with van der Waals surface area (Å²) >= 11 is 0. The van der Waals surface area contributed by atoms with Crippen LogP contribution in [0.1, 0.15) is 40.5 Å². The van der Waals surface area contributed by atoms with Gasteiger partial charge in [-0.05, 0) is 32.6 Å². The minimum atomic E-state index is -0.797. The summed E-state index contributed by atoms with van der Waals surface area (Å²) in [6.45, 7) is 7.51. The molecule has 1 fully saturated rings. The van der Waals surface area contributed by atoms with E-state index < -0.39 is 29.9 Å². The van der Waals surface area contributed by atoms with Crippen molar-refractivity contribution in [3.05, 3.63) is 36.5 Å². The summed E-state index contributed by atoms with van der Waals surface area (Å²) in [5, 5.41) is 8.14. The number of nitrogens with zero attached hydrogens (tertiary/aromatic N) is 1. The van der Waals surface area contributed by atoms with Gasteiger partial charge in [-0.1, -0.05) is 44.2 Å². The predicted octanol–water partition coefficient (Wildman–Crippen LogP) is 1.06. The highest BCUT2D eigenvalue weighted by molar-refractivity contribution is 5.96. The van der Waals surface area contributed by atoms with Crippen LogP contribution in [0.15, 0.2) is 36.5 Å². The smallest absolute Gasteiger partial charge is 0.245 e. The molecule has 3 atom stereocenters. The zero-order valence-corrected chi connectivity index (χ0v) is 18.5. The molecule has 30 heavy (non-hydrogen) atoms. The minimum absolute atomic E-state index is 0.176. The third-order valence-electron chi connectivity index (χ3n) is 4.77. The lowest BCUT2D eigenvalue weighted by atomic mass is 9.99. The van der Waals surface area contributed by atoms with Crippen LogP contribution in [0.2, 0.25) is 0 Å². The van der Waals surface area contributed by atoms with Gasteiger partial charge < -0.3 is 20.9 Å². The van der Waals surface area contributed by atoms with Crippen LogP contribution < -0.4 is 16.0 Å². The lowest BCUT2D eigenvalue weighted by Gasteiger charge is -2.34. The predicted molar refractivity (Wildman–Crippen MR) is 116 cm³/mol. The molecule has 0 aromatic carbocycles. The fourth-order valence-corrected chi connectivity index (χ4v) is 3.20. The molecule has 4 amide bonds. The Morgan fingerprint density at radius 2 is 1.80 bits per heavy atom. The van der Waals surface area contributed by atoms with Crippen LogP contribution in [0.3, 0.4) is 0 Å². The van der Waals surface area contributed by atoms with E-state index in [0.717, 1.165) is 0 Å². The second-order valence-corrected chi connectivity index (χ2v) is 7.63. The van der Waals surface area contributed by atoms with E-state index in [1.165, 1.54) is 11.0 Å². The van der Waals surface area contributed by atoms with E-state index in [4.69, 9.17) is 0 Å². The third kappa shape index (κ3) is 7.85. The van der Waals surface area contributed by atoms with Crippen LogP contribution in [0.4, 0.5) is 0 Å². The third-order valence-corrected chi connectivity index (χ3v) is 4.77. The first kappa shape index (κ1) is 25.1. The maximum Gasteiger partial charge on any atom is 0.245 e. The van der Waals surface area contributed by atoms with Crippen molar-refractivity contribution >= 4 is 23.6 Å². The van der Waals surface area contributed by atoms with Gasteiger partial charge in [0.2, 0.25) is 23.6 Å². The normalized spacial score (nSPS) is 24.8. The van der Waals surface area contributed by atoms with Crippen molar-refractivity contribution in [1.29, 1.82) is 0 Å². The molecule has 8 nitrogen and oxygen atoms in total. The summed E-state index contributed by atoms with van der Waals surface area (Å²) in [6, 6.07) is -2.25. The van der Waals surface area contributed by atoms with Gasteiger partial charge in [0.15, 0.2) is 0 Å². The van der Waals surface area contributed by atoms with E-state index in [1.54, 1.807) is 32.2 Å². The highest BCUT2D eigenvalue weighted by Gasteiger charge is 2.35. The summed E-state index contributed by atoms with van der Waals surface area (Å²) in [5.41, 5.74) is 0. The van der Waals surface area contributed by atoms with Crippen LogP contribution in [-0.2, 0) is 19.2 Å². The fraction of sp³-hybridized carbons (Fsp3) is 0.545. The van der Waals surface area contributed by atoms with E-state index in [-0.39, 0.29) is 17.7 Å². The molecule has 0 radical (unpaired) electrons. The minimum Gasteiger partial charge on any atom is -0.354 e. The fourth-order valence-electron chi connectivity index (χ4n) is 3.20. The molecule has 1 heterocycles. The summed E-state index contributed by atoms with van der Waals surface area (Å²) < 4.78 is 0. The number of rotatable bonds is 5. The molecule has 1 aliphatic heterocycles. The van der Waals surface area contributed by atoms with Gasteiger partial charge in [0.1, 0.15) is 18.1 Å². The average molecular weight is 419 g/mol. The Morgan fingerprint density at radius 3 is 2.43 bits per heavy atom.